The third-order valence-electron chi connectivity index (χ3n) is 5.26. The largest absolute Gasteiger partial charge is 0.508 e. The molecule has 0 aliphatic carbocycles. The lowest BCUT2D eigenvalue weighted by Gasteiger charge is -2.15. The molecule has 2 N–H and O–H groups in total. The summed E-state index contributed by atoms with van der Waals surface area (Å²) in [6.07, 6.45) is 1.26. The van der Waals surface area contributed by atoms with E-state index < -0.39 is 29.9 Å². The molecule has 0 saturated carbocycles. The summed E-state index contributed by atoms with van der Waals surface area (Å²) in [4.78, 5) is 41.3. The zero-order valence-electron chi connectivity index (χ0n) is 20.5. The van der Waals surface area contributed by atoms with Crippen LogP contribution in [0.15, 0.2) is 65.7 Å². The molecule has 0 fully saturated rings. The van der Waals surface area contributed by atoms with Crippen molar-refractivity contribution < 1.29 is 34.1 Å². The fourth-order valence-corrected chi connectivity index (χ4v) is 3.38. The van der Waals surface area contributed by atoms with E-state index in [0.717, 1.165) is 5.56 Å². The molecule has 192 valence electrons. The second-order valence-electron chi connectivity index (χ2n) is 8.66. The van der Waals surface area contributed by atoms with E-state index in [1.165, 1.54) is 30.5 Å². The van der Waals surface area contributed by atoms with Crippen molar-refractivity contribution in [2.75, 3.05) is 0 Å². The van der Waals surface area contributed by atoms with Gasteiger partial charge in [-0.25, -0.2) is 9.59 Å². The number of ether oxygens (including phenoxy) is 2. The second-order valence-corrected chi connectivity index (χ2v) is 9.09. The van der Waals surface area contributed by atoms with Crippen LogP contribution in [-0.4, -0.2) is 40.4 Å². The van der Waals surface area contributed by atoms with Crippen LogP contribution in [0.3, 0.4) is 0 Å². The molecule has 3 aromatic carbocycles. The molecule has 0 heterocycles. The van der Waals surface area contributed by atoms with Crippen LogP contribution in [0, 0.1) is 12.8 Å². The predicted octanol–water partition coefficient (Wildman–Crippen LogP) is 5.25. The molecule has 0 spiro atoms. The smallest absolute Gasteiger partial charge is 0.343 e. The lowest BCUT2D eigenvalue weighted by Crippen LogP contribution is -2.21. The molecular formula is C28H26ClNO7. The molecule has 0 aliphatic heterocycles. The Morgan fingerprint density at radius 2 is 1.65 bits per heavy atom. The summed E-state index contributed by atoms with van der Waals surface area (Å²) in [6.45, 7) is 5.16. The Morgan fingerprint density at radius 3 is 2.24 bits per heavy atom. The minimum Gasteiger partial charge on any atom is -0.508 e. The van der Waals surface area contributed by atoms with E-state index in [-0.39, 0.29) is 39.8 Å². The molecule has 3 aromatic rings. The number of esters is 2. The van der Waals surface area contributed by atoms with Crippen LogP contribution in [0.4, 0.5) is 0 Å². The summed E-state index contributed by atoms with van der Waals surface area (Å²) in [6, 6.07) is 14.4. The van der Waals surface area contributed by atoms with Gasteiger partial charge in [-0.3, -0.25) is 9.79 Å². The molecule has 9 heteroatoms. The van der Waals surface area contributed by atoms with Gasteiger partial charge in [0.25, 0.3) is 0 Å². The van der Waals surface area contributed by atoms with Gasteiger partial charge in [0.1, 0.15) is 5.75 Å². The highest BCUT2D eigenvalue weighted by atomic mass is 35.5. The molecule has 1 atom stereocenters. The van der Waals surface area contributed by atoms with Gasteiger partial charge in [-0.2, -0.15) is 0 Å². The van der Waals surface area contributed by atoms with Gasteiger partial charge in [0.2, 0.25) is 0 Å². The number of hydrogen-bond donors (Lipinski definition) is 2. The van der Waals surface area contributed by atoms with Crippen LogP contribution >= 0.6 is 11.6 Å². The van der Waals surface area contributed by atoms with Gasteiger partial charge in [0, 0.05) is 29.3 Å². The monoisotopic (exact) mass is 523 g/mol. The number of carboxylic acid groups (broad SMARTS) is 1. The molecule has 8 nitrogen and oxygen atoms in total. The number of phenols is 1. The lowest BCUT2D eigenvalue weighted by molar-refractivity contribution is -0.139. The lowest BCUT2D eigenvalue weighted by atomic mass is 10.1. The van der Waals surface area contributed by atoms with Crippen molar-refractivity contribution >= 4 is 35.7 Å². The molecule has 1 unspecified atom stereocenters. The van der Waals surface area contributed by atoms with Gasteiger partial charge in [-0.15, -0.1) is 0 Å². The molecule has 3 rings (SSSR count). The van der Waals surface area contributed by atoms with Crippen LogP contribution < -0.4 is 9.47 Å². The van der Waals surface area contributed by atoms with Crippen molar-refractivity contribution in [2.45, 2.75) is 33.2 Å². The maximum atomic E-state index is 12.8. The zero-order valence-corrected chi connectivity index (χ0v) is 21.2. The van der Waals surface area contributed by atoms with E-state index in [0.29, 0.717) is 5.56 Å². The van der Waals surface area contributed by atoms with Crippen molar-refractivity contribution in [3.63, 3.8) is 0 Å². The first-order chi connectivity index (χ1) is 17.5. The number of carbonyl (C=O) groups is 3. The molecule has 0 amide bonds. The fraction of sp³-hybridized carbons (Fsp3) is 0.214. The first kappa shape index (κ1) is 27.4. The first-order valence-corrected chi connectivity index (χ1v) is 11.8. The number of hydrogen-bond acceptors (Lipinski definition) is 7. The number of rotatable bonds is 9. The number of benzene rings is 3. The maximum Gasteiger partial charge on any atom is 0.343 e. The summed E-state index contributed by atoms with van der Waals surface area (Å²) in [7, 11) is 0. The standard InChI is InChI=1S/C28H26ClNO7/c1-16(2)27(34)37-25-20(15-30-23(26(32)33)12-18-6-10-22(31)11-7-18)13-21(29)14-24(25)36-28(35)19-8-4-17(3)5-9-19/h4-11,13-16,23,31H,12H2,1-3H3,(H,32,33). The SMILES string of the molecule is Cc1ccc(C(=O)Oc2cc(Cl)cc(C=NC(Cc3ccc(O)cc3)C(=O)O)c2OC(=O)C(C)C)cc1. The Morgan fingerprint density at radius 1 is 1.00 bits per heavy atom. The van der Waals surface area contributed by atoms with Crippen LogP contribution in [-0.2, 0) is 16.0 Å². The van der Waals surface area contributed by atoms with Crippen molar-refractivity contribution in [3.8, 4) is 17.2 Å². The first-order valence-electron chi connectivity index (χ1n) is 11.4. The van der Waals surface area contributed by atoms with Gasteiger partial charge in [0.15, 0.2) is 17.5 Å². The van der Waals surface area contributed by atoms with Gasteiger partial charge in [-0.05, 0) is 42.8 Å². The van der Waals surface area contributed by atoms with E-state index in [9.17, 15) is 24.6 Å². The minimum absolute atomic E-state index is 0.0447. The number of phenolic OH excluding ortho intramolecular Hbond substituents is 1. The van der Waals surface area contributed by atoms with E-state index in [1.54, 1.807) is 50.2 Å². The zero-order chi connectivity index (χ0) is 27.1. The Labute approximate surface area is 219 Å². The third-order valence-corrected chi connectivity index (χ3v) is 5.47. The number of carboxylic acids is 1. The summed E-state index contributed by atoms with van der Waals surface area (Å²) in [5, 5.41) is 19.3. The summed E-state index contributed by atoms with van der Waals surface area (Å²) < 4.78 is 11.1. The highest BCUT2D eigenvalue weighted by molar-refractivity contribution is 6.31. The van der Waals surface area contributed by atoms with Gasteiger partial charge >= 0.3 is 17.9 Å². The maximum absolute atomic E-state index is 12.8. The highest BCUT2D eigenvalue weighted by Crippen LogP contribution is 2.35. The quantitative estimate of drug-likeness (QED) is 0.223. The van der Waals surface area contributed by atoms with Gasteiger partial charge in [-0.1, -0.05) is 55.3 Å². The number of aromatic hydroxyl groups is 1. The molecule has 0 aromatic heterocycles. The van der Waals surface area contributed by atoms with Crippen molar-refractivity contribution in [1.82, 2.24) is 0 Å². The third kappa shape index (κ3) is 7.65. The molecular weight excluding hydrogens is 498 g/mol. The van der Waals surface area contributed by atoms with Crippen LogP contribution in [0.1, 0.15) is 40.9 Å². The minimum atomic E-state index is -1.18. The van der Waals surface area contributed by atoms with E-state index in [2.05, 4.69) is 4.99 Å². The fourth-order valence-electron chi connectivity index (χ4n) is 3.17. The summed E-state index contributed by atoms with van der Waals surface area (Å²) >= 11 is 6.26. The molecule has 0 bridgehead atoms. The van der Waals surface area contributed by atoms with Crippen LogP contribution in [0.25, 0.3) is 0 Å². The van der Waals surface area contributed by atoms with Crippen molar-refractivity contribution in [3.05, 3.63) is 87.9 Å². The van der Waals surface area contributed by atoms with Crippen molar-refractivity contribution in [2.24, 2.45) is 10.9 Å². The number of aryl methyl sites for hydroxylation is 1. The van der Waals surface area contributed by atoms with E-state index >= 15 is 0 Å². The second kappa shape index (κ2) is 12.2. The van der Waals surface area contributed by atoms with Gasteiger partial charge < -0.3 is 19.7 Å². The summed E-state index contributed by atoms with van der Waals surface area (Å²) in [5.41, 5.74) is 2.05. The number of carbonyl (C=O) groups excluding carboxylic acids is 2. The number of nitrogens with zero attached hydrogens (tertiary/aromatic N) is 1. The number of halogens is 1. The Hall–Kier alpha value is -4.17. The van der Waals surface area contributed by atoms with E-state index in [1.807, 2.05) is 6.92 Å². The van der Waals surface area contributed by atoms with E-state index in [4.69, 9.17) is 21.1 Å². The summed E-state index contributed by atoms with van der Waals surface area (Å²) in [5.74, 6) is -3.13. The highest BCUT2D eigenvalue weighted by Gasteiger charge is 2.22. The Balaban J connectivity index is 1.98. The molecule has 0 aliphatic rings. The Kier molecular flexibility index (Phi) is 9.03. The van der Waals surface area contributed by atoms with Crippen molar-refractivity contribution in [1.29, 1.82) is 0 Å². The normalized spacial score (nSPS) is 11.9. The number of aliphatic carboxylic acids is 1. The number of aliphatic imine (C=N–C) groups is 1. The molecule has 0 radical (unpaired) electrons. The average Bonchev–Trinajstić information content (AvgIpc) is 2.84. The topological polar surface area (TPSA) is 122 Å². The van der Waals surface area contributed by atoms with Gasteiger partial charge in [0.05, 0.1) is 11.5 Å². The molecule has 37 heavy (non-hydrogen) atoms. The van der Waals surface area contributed by atoms with Crippen LogP contribution in [0.5, 0.6) is 17.2 Å². The molecule has 0 saturated heterocycles. The Bertz CT molecular complexity index is 1320. The predicted molar refractivity (Wildman–Crippen MR) is 139 cm³/mol. The average molecular weight is 524 g/mol. The van der Waals surface area contributed by atoms with Crippen LogP contribution in [0.2, 0.25) is 5.02 Å².